The van der Waals surface area contributed by atoms with Crippen molar-refractivity contribution in [2.24, 2.45) is 0 Å². The Morgan fingerprint density at radius 2 is 1.58 bits per heavy atom. The van der Waals surface area contributed by atoms with Gasteiger partial charge >= 0.3 is 0 Å². The predicted molar refractivity (Wildman–Crippen MR) is 57.9 cm³/mol. The molecule has 1 saturated heterocycles. The summed E-state index contributed by atoms with van der Waals surface area (Å²) in [5.41, 5.74) is 0. The van der Waals surface area contributed by atoms with Crippen LogP contribution in [0.2, 0.25) is 0 Å². The van der Waals surface area contributed by atoms with Gasteiger partial charge in [-0.15, -0.1) is 0 Å². The summed E-state index contributed by atoms with van der Waals surface area (Å²) in [5.74, 6) is 0. The molecule has 1 nitrogen and oxygen atoms in total. The van der Waals surface area contributed by atoms with E-state index in [1.807, 2.05) is 0 Å². The van der Waals surface area contributed by atoms with Crippen LogP contribution in [0.25, 0.3) is 0 Å². The minimum atomic E-state index is 0.889. The van der Waals surface area contributed by atoms with E-state index in [0.29, 0.717) is 0 Å². The summed E-state index contributed by atoms with van der Waals surface area (Å²) >= 11 is 2.22. The Hall–Kier alpha value is 0.310. The molecular weight excluding hydrogens is 166 g/mol. The summed E-state index contributed by atoms with van der Waals surface area (Å²) in [5, 5.41) is 5.31. The second-order valence-corrected chi connectivity index (χ2v) is 5.22. The number of hydrogen-bond donors (Lipinski definition) is 1. The van der Waals surface area contributed by atoms with Crippen molar-refractivity contribution in [3.8, 4) is 0 Å². The van der Waals surface area contributed by atoms with E-state index in [1.165, 1.54) is 38.8 Å². The number of hydrogen-bond acceptors (Lipinski definition) is 2. The minimum Gasteiger partial charge on any atom is -0.315 e. The number of thioether (sulfide) groups is 1. The van der Waals surface area contributed by atoms with Crippen LogP contribution in [0.1, 0.15) is 39.5 Å². The Kier molecular flexibility index (Phi) is 5.08. The van der Waals surface area contributed by atoms with Crippen LogP contribution in [0.4, 0.5) is 0 Å². The highest BCUT2D eigenvalue weighted by atomic mass is 32.2. The molecule has 0 aromatic carbocycles. The smallest absolute Gasteiger partial charge is 0.0175 e. The first-order chi connectivity index (χ1) is 5.86. The fourth-order valence-electron chi connectivity index (χ4n) is 1.76. The summed E-state index contributed by atoms with van der Waals surface area (Å²) in [6.07, 6.45) is 5.44. The zero-order valence-corrected chi connectivity index (χ0v) is 9.12. The molecule has 72 valence electrons. The summed E-state index contributed by atoms with van der Waals surface area (Å²) in [6, 6.07) is 0. The first-order valence-corrected chi connectivity index (χ1v) is 6.17. The molecule has 0 aliphatic carbocycles. The topological polar surface area (TPSA) is 12.0 Å². The number of nitrogens with one attached hydrogen (secondary N) is 1. The Bertz CT molecular complexity index is 100. The lowest BCUT2D eigenvalue weighted by Gasteiger charge is -2.29. The maximum absolute atomic E-state index is 3.53. The molecule has 0 aromatic rings. The van der Waals surface area contributed by atoms with E-state index in [9.17, 15) is 0 Å². The van der Waals surface area contributed by atoms with Crippen molar-refractivity contribution in [3.05, 3.63) is 0 Å². The molecule has 2 atom stereocenters. The maximum atomic E-state index is 3.53. The average Bonchev–Trinajstić information content (AvgIpc) is 2.06. The van der Waals surface area contributed by atoms with Gasteiger partial charge in [0, 0.05) is 23.6 Å². The van der Waals surface area contributed by atoms with Crippen LogP contribution in [-0.4, -0.2) is 23.6 Å². The van der Waals surface area contributed by atoms with Gasteiger partial charge in [0.25, 0.3) is 0 Å². The molecule has 0 saturated carbocycles. The largest absolute Gasteiger partial charge is 0.315 e. The van der Waals surface area contributed by atoms with E-state index in [2.05, 4.69) is 30.9 Å². The highest BCUT2D eigenvalue weighted by Gasteiger charge is 2.20. The third-order valence-electron chi connectivity index (χ3n) is 2.35. The molecule has 1 N–H and O–H groups in total. The molecule has 2 heteroatoms. The van der Waals surface area contributed by atoms with Gasteiger partial charge < -0.3 is 5.32 Å². The van der Waals surface area contributed by atoms with Gasteiger partial charge in [-0.25, -0.2) is 0 Å². The molecule has 0 aromatic heterocycles. The van der Waals surface area contributed by atoms with E-state index in [-0.39, 0.29) is 0 Å². The van der Waals surface area contributed by atoms with Crippen LogP contribution in [0.15, 0.2) is 0 Å². The van der Waals surface area contributed by atoms with E-state index in [4.69, 9.17) is 0 Å². The van der Waals surface area contributed by atoms with E-state index >= 15 is 0 Å². The van der Waals surface area contributed by atoms with Crippen LogP contribution in [0.3, 0.4) is 0 Å². The third-order valence-corrected chi connectivity index (χ3v) is 3.92. The fourth-order valence-corrected chi connectivity index (χ4v) is 3.47. The van der Waals surface area contributed by atoms with Crippen molar-refractivity contribution >= 4 is 11.8 Å². The Balaban J connectivity index is 2.20. The van der Waals surface area contributed by atoms with Crippen LogP contribution >= 0.6 is 11.8 Å². The molecular formula is C10H21NS. The van der Waals surface area contributed by atoms with Crippen molar-refractivity contribution in [2.45, 2.75) is 50.0 Å². The van der Waals surface area contributed by atoms with Gasteiger partial charge in [-0.1, -0.05) is 26.7 Å². The lowest BCUT2D eigenvalue weighted by molar-refractivity contribution is 0.569. The molecule has 1 fully saturated rings. The van der Waals surface area contributed by atoms with Gasteiger partial charge in [-0.3, -0.25) is 0 Å². The third kappa shape index (κ3) is 3.36. The Labute approximate surface area is 80.7 Å². The standard InChI is InChI=1S/C10H21NS/c1-3-5-9-7-11-8-10(12-9)6-4-2/h9-11H,3-8H2,1-2H3. The minimum absolute atomic E-state index is 0.889. The summed E-state index contributed by atoms with van der Waals surface area (Å²) in [6.45, 7) is 7.03. The molecule has 0 amide bonds. The predicted octanol–water partition coefficient (Wildman–Crippen LogP) is 2.66. The number of rotatable bonds is 4. The van der Waals surface area contributed by atoms with E-state index < -0.39 is 0 Å². The van der Waals surface area contributed by atoms with Gasteiger partial charge in [-0.05, 0) is 12.8 Å². The summed E-state index contributed by atoms with van der Waals surface area (Å²) < 4.78 is 0. The zero-order valence-electron chi connectivity index (χ0n) is 8.31. The molecule has 0 spiro atoms. The quantitative estimate of drug-likeness (QED) is 0.726. The highest BCUT2D eigenvalue weighted by molar-refractivity contribution is 8.00. The molecule has 1 aliphatic heterocycles. The first kappa shape index (κ1) is 10.4. The molecule has 1 rings (SSSR count). The van der Waals surface area contributed by atoms with Crippen LogP contribution in [-0.2, 0) is 0 Å². The normalized spacial score (nSPS) is 30.5. The van der Waals surface area contributed by atoms with Gasteiger partial charge in [-0.2, -0.15) is 11.8 Å². The van der Waals surface area contributed by atoms with Crippen LogP contribution in [0.5, 0.6) is 0 Å². The summed E-state index contributed by atoms with van der Waals surface area (Å²) in [7, 11) is 0. The molecule has 1 heterocycles. The Morgan fingerprint density at radius 1 is 1.08 bits per heavy atom. The zero-order chi connectivity index (χ0) is 8.81. The monoisotopic (exact) mass is 187 g/mol. The van der Waals surface area contributed by atoms with Crippen molar-refractivity contribution in [2.75, 3.05) is 13.1 Å². The lowest BCUT2D eigenvalue weighted by Crippen LogP contribution is -2.38. The molecule has 1 aliphatic rings. The van der Waals surface area contributed by atoms with Crippen LogP contribution in [0, 0.1) is 0 Å². The fraction of sp³-hybridized carbons (Fsp3) is 1.00. The summed E-state index contributed by atoms with van der Waals surface area (Å²) in [4.78, 5) is 0. The second-order valence-electron chi connectivity index (χ2n) is 3.62. The lowest BCUT2D eigenvalue weighted by atomic mass is 10.2. The second kappa shape index (κ2) is 5.87. The molecule has 12 heavy (non-hydrogen) atoms. The molecule has 0 radical (unpaired) electrons. The van der Waals surface area contributed by atoms with Crippen molar-refractivity contribution < 1.29 is 0 Å². The van der Waals surface area contributed by atoms with Crippen LogP contribution < -0.4 is 5.32 Å². The van der Waals surface area contributed by atoms with Crippen molar-refractivity contribution in [3.63, 3.8) is 0 Å². The SMILES string of the molecule is CCCC1CNCC(CCC)S1. The van der Waals surface area contributed by atoms with E-state index in [1.54, 1.807) is 0 Å². The van der Waals surface area contributed by atoms with Gasteiger partial charge in [0.2, 0.25) is 0 Å². The highest BCUT2D eigenvalue weighted by Crippen LogP contribution is 2.27. The molecule has 2 unspecified atom stereocenters. The maximum Gasteiger partial charge on any atom is 0.0175 e. The van der Waals surface area contributed by atoms with Crippen molar-refractivity contribution in [1.82, 2.24) is 5.32 Å². The van der Waals surface area contributed by atoms with Gasteiger partial charge in [0.1, 0.15) is 0 Å². The van der Waals surface area contributed by atoms with Gasteiger partial charge in [0.15, 0.2) is 0 Å². The Morgan fingerprint density at radius 3 is 2.00 bits per heavy atom. The first-order valence-electron chi connectivity index (χ1n) is 5.23. The van der Waals surface area contributed by atoms with Gasteiger partial charge in [0.05, 0.1) is 0 Å². The molecule has 0 bridgehead atoms. The van der Waals surface area contributed by atoms with Crippen molar-refractivity contribution in [1.29, 1.82) is 0 Å². The van der Waals surface area contributed by atoms with E-state index in [0.717, 1.165) is 10.5 Å². The average molecular weight is 187 g/mol.